The Balaban J connectivity index is 2.01. The molecule has 2 heterocycles. The molecule has 0 bridgehead atoms. The van der Waals surface area contributed by atoms with Crippen molar-refractivity contribution in [3.63, 3.8) is 0 Å². The van der Waals surface area contributed by atoms with Crippen LogP contribution in [0.2, 0.25) is 0 Å². The van der Waals surface area contributed by atoms with E-state index in [1.807, 2.05) is 6.92 Å². The maximum atomic E-state index is 12.2. The van der Waals surface area contributed by atoms with Crippen molar-refractivity contribution in [2.75, 3.05) is 25.1 Å². The van der Waals surface area contributed by atoms with Gasteiger partial charge in [-0.25, -0.2) is 14.6 Å². The predicted octanol–water partition coefficient (Wildman–Crippen LogP) is 1.42. The third kappa shape index (κ3) is 3.24. The number of ether oxygens (including phenoxy) is 1. The van der Waals surface area contributed by atoms with Crippen LogP contribution in [0.25, 0.3) is 0 Å². The maximum absolute atomic E-state index is 12.2. The first-order valence-corrected chi connectivity index (χ1v) is 6.46. The number of carboxylic acids is 1. The van der Waals surface area contributed by atoms with E-state index >= 15 is 0 Å². The molecule has 1 aromatic heterocycles. The molecule has 0 spiro atoms. The zero-order chi connectivity index (χ0) is 14.5. The van der Waals surface area contributed by atoms with Crippen LogP contribution in [-0.2, 0) is 4.74 Å². The molecule has 0 aromatic carbocycles. The molecule has 0 radical (unpaired) electrons. The number of aromatic nitrogens is 1. The lowest BCUT2D eigenvalue weighted by atomic mass is 10.2. The monoisotopic (exact) mass is 279 g/mol. The molecule has 1 aliphatic heterocycles. The Morgan fingerprint density at radius 2 is 2.35 bits per heavy atom. The summed E-state index contributed by atoms with van der Waals surface area (Å²) in [5.41, 5.74) is 0.419. The van der Waals surface area contributed by atoms with Gasteiger partial charge in [-0.05, 0) is 18.6 Å². The molecule has 108 valence electrons. The highest BCUT2D eigenvalue weighted by Crippen LogP contribution is 2.13. The van der Waals surface area contributed by atoms with Gasteiger partial charge in [0.1, 0.15) is 5.69 Å². The molecule has 0 saturated carbocycles. The van der Waals surface area contributed by atoms with Crippen LogP contribution >= 0.6 is 0 Å². The summed E-state index contributed by atoms with van der Waals surface area (Å²) in [6.07, 6.45) is 2.16. The third-order valence-electron chi connectivity index (χ3n) is 3.19. The molecule has 2 rings (SSSR count). The molecular weight excluding hydrogens is 262 g/mol. The Morgan fingerprint density at radius 1 is 1.55 bits per heavy atom. The van der Waals surface area contributed by atoms with Crippen LogP contribution in [0.5, 0.6) is 0 Å². The molecule has 1 atom stereocenters. The summed E-state index contributed by atoms with van der Waals surface area (Å²) in [6, 6.07) is 2.73. The Labute approximate surface area is 116 Å². The molecule has 2 N–H and O–H groups in total. The number of hydrogen-bond acceptors (Lipinski definition) is 4. The Kier molecular flexibility index (Phi) is 4.52. The molecule has 20 heavy (non-hydrogen) atoms. The highest BCUT2D eigenvalue weighted by Gasteiger charge is 2.25. The lowest BCUT2D eigenvalue weighted by molar-refractivity contribution is 0.0144. The highest BCUT2D eigenvalue weighted by molar-refractivity contribution is 5.90. The minimum absolute atomic E-state index is 0.0548. The second kappa shape index (κ2) is 6.33. The molecule has 1 aliphatic rings. The molecule has 2 amide bonds. The number of carboxylic acid groups (broad SMARTS) is 1. The van der Waals surface area contributed by atoms with Crippen molar-refractivity contribution in [1.82, 2.24) is 9.88 Å². The summed E-state index contributed by atoms with van der Waals surface area (Å²) >= 11 is 0. The van der Waals surface area contributed by atoms with Gasteiger partial charge in [-0.1, -0.05) is 6.92 Å². The van der Waals surface area contributed by atoms with Crippen molar-refractivity contribution < 1.29 is 19.4 Å². The number of carbonyl (C=O) groups is 2. The number of pyridine rings is 1. The standard InChI is InChI=1S/C13H17N3O4/c1-2-10-8-20-6-5-16(10)13(19)15-9-3-4-11(12(17)18)14-7-9/h3-4,7,10H,2,5-6,8H2,1H3,(H,15,19)(H,17,18). The average Bonchev–Trinajstić information content (AvgIpc) is 2.47. The van der Waals surface area contributed by atoms with E-state index in [1.54, 1.807) is 4.90 Å². The van der Waals surface area contributed by atoms with Crippen LogP contribution in [0.15, 0.2) is 18.3 Å². The van der Waals surface area contributed by atoms with Crippen molar-refractivity contribution in [2.24, 2.45) is 0 Å². The van der Waals surface area contributed by atoms with Gasteiger partial charge in [0.05, 0.1) is 31.1 Å². The van der Waals surface area contributed by atoms with Crippen molar-refractivity contribution in [1.29, 1.82) is 0 Å². The topological polar surface area (TPSA) is 91.8 Å². The summed E-state index contributed by atoms with van der Waals surface area (Å²) in [5.74, 6) is -1.10. The fourth-order valence-electron chi connectivity index (χ4n) is 2.05. The molecule has 7 heteroatoms. The number of anilines is 1. The second-order valence-electron chi connectivity index (χ2n) is 4.50. The highest BCUT2D eigenvalue weighted by atomic mass is 16.5. The first kappa shape index (κ1) is 14.3. The van der Waals surface area contributed by atoms with Gasteiger partial charge in [0.25, 0.3) is 0 Å². The van der Waals surface area contributed by atoms with Gasteiger partial charge >= 0.3 is 12.0 Å². The summed E-state index contributed by atoms with van der Waals surface area (Å²) in [6.45, 7) is 3.62. The van der Waals surface area contributed by atoms with Gasteiger partial charge in [-0.15, -0.1) is 0 Å². The second-order valence-corrected chi connectivity index (χ2v) is 4.50. The van der Waals surface area contributed by atoms with Gasteiger partial charge < -0.3 is 20.1 Å². The molecule has 1 fully saturated rings. The van der Waals surface area contributed by atoms with E-state index in [2.05, 4.69) is 10.3 Å². The maximum Gasteiger partial charge on any atom is 0.354 e. The number of hydrogen-bond donors (Lipinski definition) is 2. The SMILES string of the molecule is CCC1COCCN1C(=O)Nc1ccc(C(=O)O)nc1. The van der Waals surface area contributed by atoms with Crippen LogP contribution in [-0.4, -0.2) is 52.8 Å². The summed E-state index contributed by atoms with van der Waals surface area (Å²) in [5, 5.41) is 11.5. The first-order chi connectivity index (χ1) is 9.61. The van der Waals surface area contributed by atoms with Crippen molar-refractivity contribution >= 4 is 17.7 Å². The molecule has 1 unspecified atom stereocenters. The van der Waals surface area contributed by atoms with E-state index in [0.717, 1.165) is 6.42 Å². The van der Waals surface area contributed by atoms with E-state index in [9.17, 15) is 9.59 Å². The molecule has 7 nitrogen and oxygen atoms in total. The van der Waals surface area contributed by atoms with Gasteiger partial charge in [-0.3, -0.25) is 0 Å². The predicted molar refractivity (Wildman–Crippen MR) is 71.8 cm³/mol. The minimum Gasteiger partial charge on any atom is -0.477 e. The van der Waals surface area contributed by atoms with Gasteiger partial charge in [0.15, 0.2) is 0 Å². The van der Waals surface area contributed by atoms with Crippen molar-refractivity contribution in [2.45, 2.75) is 19.4 Å². The van der Waals surface area contributed by atoms with E-state index in [4.69, 9.17) is 9.84 Å². The van der Waals surface area contributed by atoms with Gasteiger partial charge in [0, 0.05) is 6.54 Å². The van der Waals surface area contributed by atoms with Crippen LogP contribution in [0.4, 0.5) is 10.5 Å². The summed E-state index contributed by atoms with van der Waals surface area (Å²) in [7, 11) is 0. The summed E-state index contributed by atoms with van der Waals surface area (Å²) in [4.78, 5) is 28.4. The van der Waals surface area contributed by atoms with Crippen LogP contribution in [0.3, 0.4) is 0 Å². The van der Waals surface area contributed by atoms with E-state index in [0.29, 0.717) is 25.4 Å². The Morgan fingerprint density at radius 3 is 2.95 bits per heavy atom. The number of morpholine rings is 1. The molecular formula is C13H17N3O4. The van der Waals surface area contributed by atoms with Crippen molar-refractivity contribution in [3.05, 3.63) is 24.0 Å². The minimum atomic E-state index is -1.10. The number of nitrogens with one attached hydrogen (secondary N) is 1. The van der Waals surface area contributed by atoms with E-state index in [1.165, 1.54) is 18.3 Å². The fourth-order valence-corrected chi connectivity index (χ4v) is 2.05. The number of aromatic carboxylic acids is 1. The molecule has 1 aromatic rings. The molecule has 1 saturated heterocycles. The number of carbonyl (C=O) groups excluding carboxylic acids is 1. The zero-order valence-corrected chi connectivity index (χ0v) is 11.2. The normalized spacial score (nSPS) is 18.6. The molecule has 0 aliphatic carbocycles. The van der Waals surface area contributed by atoms with E-state index < -0.39 is 5.97 Å². The fraction of sp³-hybridized carbons (Fsp3) is 0.462. The van der Waals surface area contributed by atoms with Crippen LogP contribution < -0.4 is 5.32 Å². The smallest absolute Gasteiger partial charge is 0.354 e. The number of urea groups is 1. The zero-order valence-electron chi connectivity index (χ0n) is 11.2. The van der Waals surface area contributed by atoms with Gasteiger partial charge in [0.2, 0.25) is 0 Å². The van der Waals surface area contributed by atoms with Crippen LogP contribution in [0, 0.1) is 0 Å². The Hall–Kier alpha value is -2.15. The van der Waals surface area contributed by atoms with E-state index in [-0.39, 0.29) is 17.8 Å². The lowest BCUT2D eigenvalue weighted by Crippen LogP contribution is -2.50. The number of rotatable bonds is 3. The van der Waals surface area contributed by atoms with Crippen LogP contribution in [0.1, 0.15) is 23.8 Å². The summed E-state index contributed by atoms with van der Waals surface area (Å²) < 4.78 is 5.35. The number of nitrogens with zero attached hydrogens (tertiary/aromatic N) is 2. The average molecular weight is 279 g/mol. The Bertz CT molecular complexity index is 489. The van der Waals surface area contributed by atoms with Gasteiger partial charge in [-0.2, -0.15) is 0 Å². The van der Waals surface area contributed by atoms with Crippen molar-refractivity contribution in [3.8, 4) is 0 Å². The lowest BCUT2D eigenvalue weighted by Gasteiger charge is -2.34. The largest absolute Gasteiger partial charge is 0.477 e. The number of amides is 2. The first-order valence-electron chi connectivity index (χ1n) is 6.46. The third-order valence-corrected chi connectivity index (χ3v) is 3.19. The quantitative estimate of drug-likeness (QED) is 0.873.